The van der Waals surface area contributed by atoms with Crippen molar-refractivity contribution >= 4 is 0 Å². The minimum Gasteiger partial charge on any atom is -0.497 e. The van der Waals surface area contributed by atoms with Crippen molar-refractivity contribution in [3.8, 4) is 5.75 Å². The second-order valence-corrected chi connectivity index (χ2v) is 5.04. The highest BCUT2D eigenvalue weighted by Crippen LogP contribution is 2.45. The van der Waals surface area contributed by atoms with E-state index >= 15 is 0 Å². The molecule has 0 aromatic heterocycles. The lowest BCUT2D eigenvalue weighted by atomic mass is 9.92. The summed E-state index contributed by atoms with van der Waals surface area (Å²) in [5, 5.41) is 0. The molecule has 0 bridgehead atoms. The normalized spacial score (nSPS) is 30.3. The Hall–Kier alpha value is -1.50. The van der Waals surface area contributed by atoms with Gasteiger partial charge in [-0.3, -0.25) is 0 Å². The Morgan fingerprint density at radius 3 is 2.41 bits per heavy atom. The number of methoxy groups -OCH3 is 1. The van der Waals surface area contributed by atoms with E-state index in [1.165, 1.54) is 18.4 Å². The van der Waals surface area contributed by atoms with Crippen molar-refractivity contribution in [1.29, 1.82) is 0 Å². The van der Waals surface area contributed by atoms with Crippen LogP contribution in [-0.4, -0.2) is 7.11 Å². The lowest BCUT2D eigenvalue weighted by Gasteiger charge is -2.13. The highest BCUT2D eigenvalue weighted by molar-refractivity contribution is 5.32. The summed E-state index contributed by atoms with van der Waals surface area (Å²) in [5.41, 5.74) is 1.43. The van der Waals surface area contributed by atoms with Gasteiger partial charge in [-0.05, 0) is 48.3 Å². The van der Waals surface area contributed by atoms with Crippen LogP contribution in [0.1, 0.15) is 24.3 Å². The van der Waals surface area contributed by atoms with Gasteiger partial charge in [0.1, 0.15) is 5.75 Å². The molecule has 0 saturated heterocycles. The molecule has 2 aliphatic rings. The Balaban J connectivity index is 1.81. The van der Waals surface area contributed by atoms with Gasteiger partial charge in [0.15, 0.2) is 0 Å². The Morgan fingerprint density at radius 1 is 1.06 bits per heavy atom. The minimum absolute atomic E-state index is 0.687. The summed E-state index contributed by atoms with van der Waals surface area (Å²) < 4.78 is 5.31. The van der Waals surface area contributed by atoms with Crippen LogP contribution >= 0.6 is 0 Å². The number of ether oxygens (including phenoxy) is 1. The third-order valence-electron chi connectivity index (χ3n) is 4.06. The van der Waals surface area contributed by atoms with Crippen LogP contribution < -0.4 is 4.74 Å². The van der Waals surface area contributed by atoms with Gasteiger partial charge in [-0.25, -0.2) is 0 Å². The molecule has 0 N–H and O–H groups in total. The van der Waals surface area contributed by atoms with Crippen LogP contribution in [0.15, 0.2) is 48.6 Å². The number of hydrogen-bond donors (Lipinski definition) is 0. The molecule has 1 aromatic carbocycles. The fourth-order valence-corrected chi connectivity index (χ4v) is 3.13. The molecule has 0 radical (unpaired) electrons. The maximum atomic E-state index is 5.31. The van der Waals surface area contributed by atoms with Gasteiger partial charge >= 0.3 is 0 Å². The van der Waals surface area contributed by atoms with E-state index < -0.39 is 0 Å². The molecule has 0 heterocycles. The average Bonchev–Trinajstić information content (AvgIpc) is 2.82. The maximum Gasteiger partial charge on any atom is 0.119 e. The Kier molecular flexibility index (Phi) is 2.76. The topological polar surface area (TPSA) is 9.23 Å². The highest BCUT2D eigenvalue weighted by atomic mass is 16.5. The molecular weight excluding hydrogens is 208 g/mol. The first-order valence-corrected chi connectivity index (χ1v) is 6.36. The van der Waals surface area contributed by atoms with Crippen LogP contribution in [0.5, 0.6) is 5.75 Å². The van der Waals surface area contributed by atoms with Gasteiger partial charge in [-0.15, -0.1) is 0 Å². The molecule has 2 unspecified atom stereocenters. The van der Waals surface area contributed by atoms with Crippen molar-refractivity contribution < 1.29 is 4.74 Å². The third-order valence-corrected chi connectivity index (χ3v) is 4.06. The average molecular weight is 226 g/mol. The van der Waals surface area contributed by atoms with Crippen molar-refractivity contribution in [2.75, 3.05) is 7.11 Å². The van der Waals surface area contributed by atoms with Gasteiger partial charge < -0.3 is 4.74 Å². The van der Waals surface area contributed by atoms with E-state index in [1.807, 2.05) is 6.07 Å². The van der Waals surface area contributed by atoms with Gasteiger partial charge in [0, 0.05) is 0 Å². The molecule has 1 aromatic rings. The molecule has 0 aliphatic heterocycles. The zero-order valence-corrected chi connectivity index (χ0v) is 10.2. The second-order valence-electron chi connectivity index (χ2n) is 5.04. The van der Waals surface area contributed by atoms with Crippen LogP contribution in [0, 0.1) is 11.8 Å². The Morgan fingerprint density at radius 2 is 1.76 bits per heavy atom. The van der Waals surface area contributed by atoms with Crippen LogP contribution in [0.4, 0.5) is 0 Å². The smallest absolute Gasteiger partial charge is 0.119 e. The first-order valence-electron chi connectivity index (χ1n) is 6.36. The number of benzene rings is 1. The number of fused-ring (bicyclic) bond motifs is 1. The summed E-state index contributed by atoms with van der Waals surface area (Å²) in [4.78, 5) is 0. The minimum atomic E-state index is 0.687. The van der Waals surface area contributed by atoms with E-state index in [0.717, 1.165) is 17.6 Å². The van der Waals surface area contributed by atoms with Gasteiger partial charge in [-0.2, -0.15) is 0 Å². The van der Waals surface area contributed by atoms with Crippen molar-refractivity contribution in [2.45, 2.75) is 18.8 Å². The number of allylic oxidation sites excluding steroid dienone is 4. The predicted molar refractivity (Wildman–Crippen MR) is 70.2 cm³/mol. The van der Waals surface area contributed by atoms with E-state index in [1.54, 1.807) is 7.11 Å². The largest absolute Gasteiger partial charge is 0.497 e. The first-order chi connectivity index (χ1) is 8.36. The van der Waals surface area contributed by atoms with Crippen LogP contribution in [0.3, 0.4) is 0 Å². The van der Waals surface area contributed by atoms with Gasteiger partial charge in [0.05, 0.1) is 7.11 Å². The second kappa shape index (κ2) is 4.40. The molecule has 3 rings (SSSR count). The Labute approximate surface area is 103 Å². The number of hydrogen-bond acceptors (Lipinski definition) is 1. The van der Waals surface area contributed by atoms with Crippen LogP contribution in [0.25, 0.3) is 0 Å². The van der Waals surface area contributed by atoms with E-state index in [4.69, 9.17) is 4.74 Å². The summed E-state index contributed by atoms with van der Waals surface area (Å²) in [6, 6.07) is 8.54. The van der Waals surface area contributed by atoms with Crippen molar-refractivity contribution in [3.05, 3.63) is 54.1 Å². The molecule has 2 atom stereocenters. The van der Waals surface area contributed by atoms with Crippen molar-refractivity contribution in [2.24, 2.45) is 11.8 Å². The van der Waals surface area contributed by atoms with Crippen molar-refractivity contribution in [3.63, 3.8) is 0 Å². The third kappa shape index (κ3) is 2.02. The van der Waals surface area contributed by atoms with Gasteiger partial charge in [0.2, 0.25) is 0 Å². The predicted octanol–water partition coefficient (Wildman–Crippen LogP) is 3.93. The van der Waals surface area contributed by atoms with Crippen LogP contribution in [0.2, 0.25) is 0 Å². The first kappa shape index (κ1) is 10.6. The van der Waals surface area contributed by atoms with Gasteiger partial charge in [-0.1, -0.05) is 36.4 Å². The van der Waals surface area contributed by atoms with Gasteiger partial charge in [0.25, 0.3) is 0 Å². The van der Waals surface area contributed by atoms with E-state index in [0.29, 0.717) is 5.92 Å². The van der Waals surface area contributed by atoms with E-state index in [9.17, 15) is 0 Å². The maximum absolute atomic E-state index is 5.31. The molecular formula is C16H18O. The van der Waals surface area contributed by atoms with E-state index in [-0.39, 0.29) is 0 Å². The summed E-state index contributed by atoms with van der Waals surface area (Å²) in [7, 11) is 1.74. The lowest BCUT2D eigenvalue weighted by molar-refractivity contribution is 0.413. The summed E-state index contributed by atoms with van der Waals surface area (Å²) >= 11 is 0. The molecule has 0 amide bonds. The van der Waals surface area contributed by atoms with Crippen LogP contribution in [-0.2, 0) is 0 Å². The number of rotatable bonds is 2. The Bertz CT molecular complexity index is 438. The molecule has 1 nitrogen and oxygen atoms in total. The molecule has 1 fully saturated rings. The van der Waals surface area contributed by atoms with Crippen molar-refractivity contribution in [1.82, 2.24) is 0 Å². The fraction of sp³-hybridized carbons (Fsp3) is 0.375. The molecule has 1 saturated carbocycles. The lowest BCUT2D eigenvalue weighted by Crippen LogP contribution is -2.03. The molecule has 2 aliphatic carbocycles. The molecule has 88 valence electrons. The standard InChI is InChI=1S/C16H18O/c1-17-16-8-4-7-14(11-16)15-9-12-5-2-3-6-13(12)10-15/h2-8,11-13,15H,9-10H2,1H3. The monoisotopic (exact) mass is 226 g/mol. The molecule has 0 spiro atoms. The molecule has 17 heavy (non-hydrogen) atoms. The summed E-state index contributed by atoms with van der Waals surface area (Å²) in [6.45, 7) is 0. The quantitative estimate of drug-likeness (QED) is 0.742. The zero-order chi connectivity index (χ0) is 11.7. The summed E-state index contributed by atoms with van der Waals surface area (Å²) in [6.07, 6.45) is 11.7. The summed E-state index contributed by atoms with van der Waals surface area (Å²) in [5.74, 6) is 3.16. The fourth-order valence-electron chi connectivity index (χ4n) is 3.13. The highest BCUT2D eigenvalue weighted by Gasteiger charge is 2.32. The van der Waals surface area contributed by atoms with E-state index in [2.05, 4.69) is 42.5 Å². The zero-order valence-electron chi connectivity index (χ0n) is 10.2. The molecule has 1 heteroatoms. The SMILES string of the molecule is COc1cccc(C2CC3C=CC=CC3C2)c1.